The molecule has 1 saturated heterocycles. The Morgan fingerprint density at radius 1 is 1.46 bits per heavy atom. The van der Waals surface area contributed by atoms with E-state index in [2.05, 4.69) is 49.9 Å². The Bertz CT molecular complexity index is 709. The minimum Gasteiger partial charge on any atom is -0.356 e. The van der Waals surface area contributed by atoms with Crippen molar-refractivity contribution in [2.75, 3.05) is 31.6 Å². The lowest BCUT2D eigenvalue weighted by Crippen LogP contribution is -2.45. The summed E-state index contributed by atoms with van der Waals surface area (Å²) in [4.78, 5) is 12.4. The number of aliphatic imine (C=N–C) groups is 1. The van der Waals surface area contributed by atoms with E-state index in [-0.39, 0.29) is 24.0 Å². The van der Waals surface area contributed by atoms with Crippen molar-refractivity contribution in [3.63, 3.8) is 0 Å². The van der Waals surface area contributed by atoms with Crippen LogP contribution in [0.1, 0.15) is 24.1 Å². The van der Waals surface area contributed by atoms with E-state index >= 15 is 0 Å². The number of guanidine groups is 1. The molecular weight excluding hydrogens is 481 g/mol. The molecule has 26 heavy (non-hydrogen) atoms. The van der Waals surface area contributed by atoms with Crippen LogP contribution < -0.4 is 15.5 Å². The number of hydrogen-bond acceptors (Lipinski definition) is 4. The lowest BCUT2D eigenvalue weighted by molar-refractivity contribution is 0.636. The topological polar surface area (TPSA) is 52.6 Å². The molecule has 2 aromatic heterocycles. The smallest absolute Gasteiger partial charge is 0.191 e. The van der Waals surface area contributed by atoms with Crippen molar-refractivity contribution in [2.45, 2.75) is 25.3 Å². The van der Waals surface area contributed by atoms with Gasteiger partial charge in [0.05, 0.1) is 5.02 Å². The summed E-state index contributed by atoms with van der Waals surface area (Å²) in [6.45, 7) is 4.91. The fourth-order valence-corrected chi connectivity index (χ4v) is 4.02. The molecule has 2 aromatic rings. The van der Waals surface area contributed by atoms with E-state index in [1.165, 1.54) is 4.88 Å². The Balaban J connectivity index is 0.00000243. The number of rotatable bonds is 5. The number of pyridine rings is 1. The first-order valence-electron chi connectivity index (χ1n) is 8.53. The second-order valence-electron chi connectivity index (χ2n) is 6.25. The molecule has 3 heterocycles. The molecule has 0 bridgehead atoms. The Hall–Kier alpha value is -1.06. The van der Waals surface area contributed by atoms with Crippen molar-refractivity contribution in [3.8, 4) is 0 Å². The van der Waals surface area contributed by atoms with Gasteiger partial charge in [0.15, 0.2) is 5.96 Å². The first-order chi connectivity index (χ1) is 12.2. The molecule has 0 spiro atoms. The first kappa shape index (κ1) is 21.2. The van der Waals surface area contributed by atoms with E-state index < -0.39 is 0 Å². The molecule has 2 N–H and O–H groups in total. The van der Waals surface area contributed by atoms with Crippen LogP contribution in [-0.2, 0) is 0 Å². The molecule has 0 radical (unpaired) electrons. The number of nitrogens with one attached hydrogen (secondary N) is 2. The number of halogens is 2. The third-order valence-corrected chi connectivity index (χ3v) is 5.79. The summed E-state index contributed by atoms with van der Waals surface area (Å²) in [7, 11) is 1.81. The third kappa shape index (κ3) is 5.47. The summed E-state index contributed by atoms with van der Waals surface area (Å²) in [6.07, 6.45) is 2.82. The van der Waals surface area contributed by atoms with Crippen LogP contribution >= 0.6 is 46.9 Å². The predicted molar refractivity (Wildman–Crippen MR) is 123 cm³/mol. The standard InChI is InChI=1S/C18H24ClN5S.HI/c1-13(16-6-4-10-25-16)11-22-18(20-2)23-14-7-9-24(12-14)17-15(19)5-3-8-21-17;/h3-6,8,10,13-14H,7,9,11-12H2,1-2H3,(H2,20,22,23);1H. The van der Waals surface area contributed by atoms with Crippen molar-refractivity contribution in [2.24, 2.45) is 4.99 Å². The summed E-state index contributed by atoms with van der Waals surface area (Å²) >= 11 is 8.05. The molecular formula is C18H25ClIN5S. The quantitative estimate of drug-likeness (QED) is 0.367. The summed E-state index contributed by atoms with van der Waals surface area (Å²) in [5.41, 5.74) is 0. The highest BCUT2D eigenvalue weighted by molar-refractivity contribution is 14.0. The second kappa shape index (κ2) is 10.3. The largest absolute Gasteiger partial charge is 0.356 e. The van der Waals surface area contributed by atoms with Gasteiger partial charge in [-0.05, 0) is 30.0 Å². The van der Waals surface area contributed by atoms with Gasteiger partial charge in [0.25, 0.3) is 0 Å². The second-order valence-corrected chi connectivity index (χ2v) is 7.64. The molecule has 1 fully saturated rings. The van der Waals surface area contributed by atoms with Gasteiger partial charge >= 0.3 is 0 Å². The van der Waals surface area contributed by atoms with E-state index in [1.807, 2.05) is 19.2 Å². The molecule has 1 aliphatic rings. The van der Waals surface area contributed by atoms with Crippen LogP contribution in [0.25, 0.3) is 0 Å². The molecule has 1 aliphatic heterocycles. The van der Waals surface area contributed by atoms with E-state index in [4.69, 9.17) is 11.6 Å². The van der Waals surface area contributed by atoms with Crippen molar-refractivity contribution >= 4 is 58.7 Å². The van der Waals surface area contributed by atoms with E-state index in [0.717, 1.165) is 37.8 Å². The molecule has 2 unspecified atom stereocenters. The van der Waals surface area contributed by atoms with Crippen molar-refractivity contribution in [3.05, 3.63) is 45.7 Å². The molecule has 0 saturated carbocycles. The highest BCUT2D eigenvalue weighted by Gasteiger charge is 2.25. The van der Waals surface area contributed by atoms with Gasteiger partial charge in [0.1, 0.15) is 5.82 Å². The fourth-order valence-electron chi connectivity index (χ4n) is 2.99. The maximum Gasteiger partial charge on any atom is 0.191 e. The van der Waals surface area contributed by atoms with E-state index in [9.17, 15) is 0 Å². The molecule has 3 rings (SSSR count). The molecule has 8 heteroatoms. The lowest BCUT2D eigenvalue weighted by Gasteiger charge is -2.21. The zero-order valence-electron chi connectivity index (χ0n) is 15.0. The Morgan fingerprint density at radius 3 is 3.00 bits per heavy atom. The van der Waals surface area contributed by atoms with Gasteiger partial charge < -0.3 is 15.5 Å². The fraction of sp³-hybridized carbons (Fsp3) is 0.444. The summed E-state index contributed by atoms with van der Waals surface area (Å²) in [5.74, 6) is 2.18. The highest BCUT2D eigenvalue weighted by atomic mass is 127. The summed E-state index contributed by atoms with van der Waals surface area (Å²) in [5, 5.41) is 9.77. The van der Waals surface area contributed by atoms with Crippen molar-refractivity contribution < 1.29 is 0 Å². The van der Waals surface area contributed by atoms with Crippen LogP contribution in [-0.4, -0.2) is 43.7 Å². The molecule has 0 aromatic carbocycles. The molecule has 0 aliphatic carbocycles. The number of thiophene rings is 1. The van der Waals surface area contributed by atoms with Crippen LogP contribution in [0.15, 0.2) is 40.8 Å². The van der Waals surface area contributed by atoms with Gasteiger partial charge in [-0.25, -0.2) is 4.98 Å². The Kier molecular flexibility index (Phi) is 8.43. The zero-order valence-corrected chi connectivity index (χ0v) is 18.9. The number of aromatic nitrogens is 1. The maximum atomic E-state index is 6.26. The monoisotopic (exact) mass is 505 g/mol. The van der Waals surface area contributed by atoms with Crippen molar-refractivity contribution in [1.82, 2.24) is 15.6 Å². The molecule has 2 atom stereocenters. The molecule has 5 nitrogen and oxygen atoms in total. The summed E-state index contributed by atoms with van der Waals surface area (Å²) in [6, 6.07) is 8.36. The van der Waals surface area contributed by atoms with Crippen LogP contribution in [0.3, 0.4) is 0 Å². The van der Waals surface area contributed by atoms with E-state index in [1.54, 1.807) is 17.5 Å². The first-order valence-corrected chi connectivity index (χ1v) is 9.79. The van der Waals surface area contributed by atoms with Crippen LogP contribution in [0.5, 0.6) is 0 Å². The van der Waals surface area contributed by atoms with Gasteiger partial charge in [0, 0.05) is 49.7 Å². The van der Waals surface area contributed by atoms with Crippen LogP contribution in [0.4, 0.5) is 5.82 Å². The average molecular weight is 506 g/mol. The van der Waals surface area contributed by atoms with Gasteiger partial charge in [-0.15, -0.1) is 35.3 Å². The highest BCUT2D eigenvalue weighted by Crippen LogP contribution is 2.25. The van der Waals surface area contributed by atoms with E-state index in [0.29, 0.717) is 17.0 Å². The predicted octanol–water partition coefficient (Wildman–Crippen LogP) is 3.96. The van der Waals surface area contributed by atoms with Crippen molar-refractivity contribution in [1.29, 1.82) is 0 Å². The Labute approximate surface area is 181 Å². The van der Waals surface area contributed by atoms with Gasteiger partial charge in [-0.2, -0.15) is 0 Å². The van der Waals surface area contributed by atoms with Crippen LogP contribution in [0.2, 0.25) is 5.02 Å². The van der Waals surface area contributed by atoms with Gasteiger partial charge in [-0.3, -0.25) is 4.99 Å². The maximum absolute atomic E-state index is 6.26. The number of nitrogens with zero attached hydrogens (tertiary/aromatic N) is 3. The number of hydrogen-bond donors (Lipinski definition) is 2. The Morgan fingerprint density at radius 2 is 2.31 bits per heavy atom. The number of anilines is 1. The van der Waals surface area contributed by atoms with Gasteiger partial charge in [-0.1, -0.05) is 24.6 Å². The third-order valence-electron chi connectivity index (χ3n) is 4.40. The molecule has 142 valence electrons. The summed E-state index contributed by atoms with van der Waals surface area (Å²) < 4.78 is 0. The zero-order chi connectivity index (χ0) is 17.6. The van der Waals surface area contributed by atoms with Gasteiger partial charge in [0.2, 0.25) is 0 Å². The van der Waals surface area contributed by atoms with Crippen LogP contribution in [0, 0.1) is 0 Å². The minimum absolute atomic E-state index is 0. The average Bonchev–Trinajstić information content (AvgIpc) is 3.30. The lowest BCUT2D eigenvalue weighted by atomic mass is 10.1. The minimum atomic E-state index is 0. The molecule has 0 amide bonds. The normalized spacial score (nSPS) is 18.3. The SMILES string of the molecule is CN=C(NCC(C)c1cccs1)NC1CCN(c2ncccc2Cl)C1.I.